The number of nitrogens with one attached hydrogen (secondary N) is 1. The number of hydrogen-bond donors (Lipinski definition) is 2. The third kappa shape index (κ3) is 4.12. The van der Waals surface area contributed by atoms with E-state index < -0.39 is 5.60 Å². The van der Waals surface area contributed by atoms with Crippen molar-refractivity contribution in [2.24, 2.45) is 0 Å². The molecular weight excluding hydrogens is 416 g/mol. The van der Waals surface area contributed by atoms with Crippen LogP contribution in [0.1, 0.15) is 39.3 Å². The Hall–Kier alpha value is -3.58. The molecule has 0 bridgehead atoms. The molecule has 0 saturated carbocycles. The van der Waals surface area contributed by atoms with Crippen LogP contribution < -0.4 is 5.43 Å². The molecule has 0 radical (unpaired) electrons. The molecule has 1 fully saturated rings. The summed E-state index contributed by atoms with van der Waals surface area (Å²) in [5.41, 5.74) is 6.65. The second-order valence-corrected chi connectivity index (χ2v) is 9.00. The van der Waals surface area contributed by atoms with Crippen LogP contribution in [-0.4, -0.2) is 63.3 Å². The van der Waals surface area contributed by atoms with E-state index in [4.69, 9.17) is 0 Å². The number of β-amino-alcohol motifs (C(OH)–C–C–N with tert-alkyl or cyclic N) is 1. The summed E-state index contributed by atoms with van der Waals surface area (Å²) in [6.07, 6.45) is 2.67. The quantitative estimate of drug-likeness (QED) is 0.648. The summed E-state index contributed by atoms with van der Waals surface area (Å²) in [4.78, 5) is 29.3. The molecule has 0 aliphatic carbocycles. The second kappa shape index (κ2) is 8.41. The Morgan fingerprint density at radius 2 is 1.85 bits per heavy atom. The fraction of sp³-hybridized carbons (Fsp3) is 0.308. The first-order valence-corrected chi connectivity index (χ1v) is 11.3. The van der Waals surface area contributed by atoms with Crippen LogP contribution >= 0.6 is 0 Å². The third-order valence-electron chi connectivity index (χ3n) is 6.72. The van der Waals surface area contributed by atoms with Crippen LogP contribution in [-0.2, 0) is 0 Å². The molecule has 33 heavy (non-hydrogen) atoms. The second-order valence-electron chi connectivity index (χ2n) is 9.00. The van der Waals surface area contributed by atoms with Crippen molar-refractivity contribution in [3.63, 3.8) is 0 Å². The lowest BCUT2D eigenvalue weighted by molar-refractivity contribution is -0.0369. The predicted molar refractivity (Wildman–Crippen MR) is 126 cm³/mol. The van der Waals surface area contributed by atoms with Crippen molar-refractivity contribution in [3.05, 3.63) is 83.7 Å². The predicted octanol–water partition coefficient (Wildman–Crippen LogP) is 3.09. The van der Waals surface area contributed by atoms with Crippen LogP contribution in [0.25, 0.3) is 11.1 Å². The maximum Gasteiger partial charge on any atom is 0.273 e. The van der Waals surface area contributed by atoms with Crippen molar-refractivity contribution in [2.75, 3.05) is 31.7 Å². The van der Waals surface area contributed by atoms with Gasteiger partial charge in [-0.25, -0.2) is 0 Å². The Morgan fingerprint density at radius 3 is 2.64 bits per heavy atom. The van der Waals surface area contributed by atoms with Crippen molar-refractivity contribution in [3.8, 4) is 11.1 Å². The number of rotatable bonds is 4. The minimum absolute atomic E-state index is 0.0268. The summed E-state index contributed by atoms with van der Waals surface area (Å²) < 4.78 is 1.70. The zero-order valence-corrected chi connectivity index (χ0v) is 18.7. The van der Waals surface area contributed by atoms with E-state index in [1.807, 2.05) is 42.5 Å². The number of aryl methyl sites for hydroxylation is 1. The van der Waals surface area contributed by atoms with Crippen LogP contribution in [0.3, 0.4) is 0 Å². The molecule has 2 N–H and O–H groups in total. The number of piperidine rings is 1. The number of hydrogen-bond acceptors (Lipinski definition) is 4. The molecule has 0 spiro atoms. The minimum atomic E-state index is -1.01. The number of benzene rings is 2. The molecule has 5 rings (SSSR count). The van der Waals surface area contributed by atoms with Crippen molar-refractivity contribution in [1.29, 1.82) is 0 Å². The number of amides is 2. The largest absolute Gasteiger partial charge is 0.388 e. The Kier molecular flexibility index (Phi) is 5.42. The number of aromatic nitrogens is 1. The topological polar surface area (TPSA) is 77.8 Å². The molecule has 3 heterocycles. The third-order valence-corrected chi connectivity index (χ3v) is 6.72. The van der Waals surface area contributed by atoms with Gasteiger partial charge in [0, 0.05) is 24.8 Å². The van der Waals surface area contributed by atoms with E-state index in [1.165, 1.54) is 5.56 Å². The summed E-state index contributed by atoms with van der Waals surface area (Å²) in [6.45, 7) is 3.56. The standard InChI is InChI=1S/C26H28N4O3/c1-19-6-2-3-9-22(19)20-7-4-8-21(16-20)24(31)28-14-11-26(33,12-15-28)17-29-18-27-30-13-5-10-23(30)25(29)32/h2-10,13,16,27,33H,11-12,14-15,17-18H2,1H3. The van der Waals surface area contributed by atoms with Gasteiger partial charge in [0.25, 0.3) is 11.8 Å². The molecule has 2 amide bonds. The van der Waals surface area contributed by atoms with Crippen LogP contribution in [0.4, 0.5) is 0 Å². The lowest BCUT2D eigenvalue weighted by atomic mass is 9.90. The Balaban J connectivity index is 1.24. The van der Waals surface area contributed by atoms with Gasteiger partial charge in [-0.05, 0) is 60.7 Å². The Morgan fingerprint density at radius 1 is 1.06 bits per heavy atom. The van der Waals surface area contributed by atoms with E-state index in [2.05, 4.69) is 24.5 Å². The van der Waals surface area contributed by atoms with Crippen molar-refractivity contribution in [1.82, 2.24) is 14.5 Å². The molecule has 0 unspecified atom stereocenters. The van der Waals surface area contributed by atoms with Crippen molar-refractivity contribution in [2.45, 2.75) is 25.4 Å². The molecule has 1 saturated heterocycles. The summed E-state index contributed by atoms with van der Waals surface area (Å²) in [5, 5.41) is 11.2. The van der Waals surface area contributed by atoms with E-state index >= 15 is 0 Å². The minimum Gasteiger partial charge on any atom is -0.388 e. The van der Waals surface area contributed by atoms with Gasteiger partial charge in [-0.1, -0.05) is 36.4 Å². The van der Waals surface area contributed by atoms with Gasteiger partial charge >= 0.3 is 0 Å². The van der Waals surface area contributed by atoms with Crippen LogP contribution in [0.15, 0.2) is 66.9 Å². The fourth-order valence-electron chi connectivity index (χ4n) is 4.75. The highest BCUT2D eigenvalue weighted by atomic mass is 16.3. The van der Waals surface area contributed by atoms with E-state index in [0.29, 0.717) is 43.9 Å². The first-order valence-electron chi connectivity index (χ1n) is 11.3. The van der Waals surface area contributed by atoms with Crippen molar-refractivity contribution < 1.29 is 14.7 Å². The van der Waals surface area contributed by atoms with Gasteiger partial charge < -0.3 is 20.3 Å². The monoisotopic (exact) mass is 444 g/mol. The maximum atomic E-state index is 13.2. The zero-order chi connectivity index (χ0) is 23.0. The molecule has 170 valence electrons. The normalized spacial score (nSPS) is 17.5. The summed E-state index contributed by atoms with van der Waals surface area (Å²) in [7, 11) is 0. The zero-order valence-electron chi connectivity index (χ0n) is 18.7. The van der Waals surface area contributed by atoms with E-state index in [0.717, 1.165) is 11.1 Å². The Labute approximate surface area is 193 Å². The van der Waals surface area contributed by atoms with Gasteiger partial charge in [0.1, 0.15) is 12.4 Å². The molecule has 3 aromatic rings. The van der Waals surface area contributed by atoms with Crippen molar-refractivity contribution >= 4 is 11.8 Å². The fourth-order valence-corrected chi connectivity index (χ4v) is 4.75. The number of carbonyl (C=O) groups is 2. The van der Waals surface area contributed by atoms with Gasteiger partial charge in [0.05, 0.1) is 12.1 Å². The molecule has 2 aliphatic heterocycles. The molecule has 7 nitrogen and oxygen atoms in total. The lowest BCUT2D eigenvalue weighted by Crippen LogP contribution is -2.56. The number of nitrogens with zero attached hydrogens (tertiary/aromatic N) is 3. The highest BCUT2D eigenvalue weighted by molar-refractivity contribution is 5.96. The maximum absolute atomic E-state index is 13.2. The highest BCUT2D eigenvalue weighted by Crippen LogP contribution is 2.28. The summed E-state index contributed by atoms with van der Waals surface area (Å²) >= 11 is 0. The first kappa shape index (κ1) is 21.3. The molecular formula is C26H28N4O3. The van der Waals surface area contributed by atoms with Crippen LogP contribution in [0.5, 0.6) is 0 Å². The van der Waals surface area contributed by atoms with Gasteiger partial charge in [-0.2, -0.15) is 0 Å². The van der Waals surface area contributed by atoms with Gasteiger partial charge in [0.15, 0.2) is 0 Å². The first-order chi connectivity index (χ1) is 15.9. The van der Waals surface area contributed by atoms with E-state index in [1.54, 1.807) is 26.7 Å². The van der Waals surface area contributed by atoms with Gasteiger partial charge in [0.2, 0.25) is 0 Å². The number of carbonyl (C=O) groups excluding carboxylic acids is 2. The van der Waals surface area contributed by atoms with E-state index in [9.17, 15) is 14.7 Å². The molecule has 7 heteroatoms. The average Bonchev–Trinajstić information content (AvgIpc) is 3.31. The van der Waals surface area contributed by atoms with Gasteiger partial charge in [-0.3, -0.25) is 14.3 Å². The molecule has 1 aromatic heterocycles. The number of likely N-dealkylation sites (tertiary alicyclic amines) is 1. The average molecular weight is 445 g/mol. The Bertz CT molecular complexity index is 1190. The van der Waals surface area contributed by atoms with E-state index in [-0.39, 0.29) is 18.4 Å². The molecule has 2 aliphatic rings. The van der Waals surface area contributed by atoms with Crippen LogP contribution in [0, 0.1) is 6.92 Å². The lowest BCUT2D eigenvalue weighted by Gasteiger charge is -2.42. The molecule has 0 atom stereocenters. The highest BCUT2D eigenvalue weighted by Gasteiger charge is 2.38. The summed E-state index contributed by atoms with van der Waals surface area (Å²) in [6, 6.07) is 19.4. The van der Waals surface area contributed by atoms with Crippen LogP contribution in [0.2, 0.25) is 0 Å². The SMILES string of the molecule is Cc1ccccc1-c1cccc(C(=O)N2CCC(O)(CN3CNn4cccc4C3=O)CC2)c1. The number of aliphatic hydroxyl groups is 1. The smallest absolute Gasteiger partial charge is 0.273 e. The molecule has 2 aromatic carbocycles. The summed E-state index contributed by atoms with van der Waals surface area (Å²) in [5.74, 6) is -0.125. The number of fused-ring (bicyclic) bond motifs is 1. The van der Waals surface area contributed by atoms with Gasteiger partial charge in [-0.15, -0.1) is 0 Å².